The third-order valence-electron chi connectivity index (χ3n) is 5.71. The average Bonchev–Trinajstić information content (AvgIpc) is 3.07. The van der Waals surface area contributed by atoms with E-state index in [-0.39, 0.29) is 17.5 Å². The van der Waals surface area contributed by atoms with Crippen molar-refractivity contribution in [2.24, 2.45) is 0 Å². The minimum Gasteiger partial charge on any atom is -0.381 e. The second kappa shape index (κ2) is 6.32. The first-order valence-corrected chi connectivity index (χ1v) is 9.27. The monoisotopic (exact) mass is 351 g/mol. The molecule has 3 aromatic rings. The van der Waals surface area contributed by atoms with Crippen LogP contribution in [0.3, 0.4) is 0 Å². The lowest BCUT2D eigenvalue weighted by atomic mass is 9.71. The van der Waals surface area contributed by atoms with Gasteiger partial charge in [0, 0.05) is 36.9 Å². The number of fused-ring (bicyclic) bond motifs is 1. The van der Waals surface area contributed by atoms with Gasteiger partial charge in [-0.15, -0.1) is 0 Å². The maximum atomic E-state index is 12.6. The summed E-state index contributed by atoms with van der Waals surface area (Å²) < 4.78 is 7.37. The molecule has 7 nitrogen and oxygen atoms in total. The molecule has 0 radical (unpaired) electrons. The van der Waals surface area contributed by atoms with Crippen LogP contribution in [0.2, 0.25) is 0 Å². The van der Waals surface area contributed by atoms with E-state index in [1.165, 1.54) is 0 Å². The molecular weight excluding hydrogens is 330 g/mol. The fourth-order valence-corrected chi connectivity index (χ4v) is 4.10. The highest BCUT2D eigenvalue weighted by Crippen LogP contribution is 2.47. The number of nitrogens with one attached hydrogen (secondary N) is 1. The Morgan fingerprint density at radius 2 is 1.96 bits per heavy atom. The number of aromatic nitrogens is 5. The van der Waals surface area contributed by atoms with Crippen molar-refractivity contribution >= 4 is 11.0 Å². The fourth-order valence-electron chi connectivity index (χ4n) is 4.10. The summed E-state index contributed by atoms with van der Waals surface area (Å²) in [6.45, 7) is 1.46. The summed E-state index contributed by atoms with van der Waals surface area (Å²) in [4.78, 5) is 24.9. The lowest BCUT2D eigenvalue weighted by Gasteiger charge is -2.35. The Bertz CT molecular complexity index is 975. The van der Waals surface area contributed by atoms with Crippen LogP contribution in [0.5, 0.6) is 0 Å². The van der Waals surface area contributed by atoms with Crippen LogP contribution in [0.25, 0.3) is 11.0 Å². The van der Waals surface area contributed by atoms with Crippen molar-refractivity contribution in [3.8, 4) is 0 Å². The number of nitrogens with zero attached hydrogens (tertiary/aromatic N) is 4. The van der Waals surface area contributed by atoms with Crippen LogP contribution in [0.15, 0.2) is 35.4 Å². The Labute approximate surface area is 150 Å². The largest absolute Gasteiger partial charge is 0.381 e. The van der Waals surface area contributed by atoms with E-state index >= 15 is 0 Å². The van der Waals surface area contributed by atoms with Crippen molar-refractivity contribution in [2.45, 2.75) is 43.6 Å². The van der Waals surface area contributed by atoms with Crippen LogP contribution in [-0.4, -0.2) is 37.9 Å². The topological polar surface area (TPSA) is 85.7 Å². The Hall–Kier alpha value is -2.54. The number of H-pyrrole nitrogens is 1. The SMILES string of the molecule is O=c1[nH]c(C2CC[C@H]2c2ccccn2)nc2c1cnn2C1CCOCC1. The summed E-state index contributed by atoms with van der Waals surface area (Å²) in [7, 11) is 0. The van der Waals surface area contributed by atoms with Gasteiger partial charge in [0.15, 0.2) is 5.65 Å². The molecule has 5 rings (SSSR count). The number of aromatic amines is 1. The zero-order valence-electron chi connectivity index (χ0n) is 14.5. The quantitative estimate of drug-likeness (QED) is 0.784. The number of pyridine rings is 1. The summed E-state index contributed by atoms with van der Waals surface area (Å²) in [5, 5.41) is 5.03. The maximum Gasteiger partial charge on any atom is 0.262 e. The molecule has 0 spiro atoms. The van der Waals surface area contributed by atoms with E-state index in [9.17, 15) is 4.79 Å². The zero-order valence-corrected chi connectivity index (χ0v) is 14.5. The molecule has 4 heterocycles. The van der Waals surface area contributed by atoms with E-state index in [0.29, 0.717) is 17.0 Å². The molecule has 2 fully saturated rings. The van der Waals surface area contributed by atoms with Crippen molar-refractivity contribution < 1.29 is 4.74 Å². The summed E-state index contributed by atoms with van der Waals surface area (Å²) in [5.74, 6) is 1.29. The Morgan fingerprint density at radius 3 is 2.69 bits per heavy atom. The fraction of sp³-hybridized carbons (Fsp3) is 0.474. The van der Waals surface area contributed by atoms with E-state index < -0.39 is 0 Å². The van der Waals surface area contributed by atoms with Crippen LogP contribution in [-0.2, 0) is 4.74 Å². The molecule has 2 atom stereocenters. The van der Waals surface area contributed by atoms with Gasteiger partial charge in [0.05, 0.1) is 12.2 Å². The van der Waals surface area contributed by atoms with Crippen molar-refractivity contribution in [3.63, 3.8) is 0 Å². The van der Waals surface area contributed by atoms with Crippen LogP contribution >= 0.6 is 0 Å². The summed E-state index contributed by atoms with van der Waals surface area (Å²) in [6.07, 6.45) is 7.35. The lowest BCUT2D eigenvalue weighted by Crippen LogP contribution is -2.27. The molecule has 1 aliphatic carbocycles. The van der Waals surface area contributed by atoms with Gasteiger partial charge in [0.25, 0.3) is 5.56 Å². The molecule has 7 heteroatoms. The van der Waals surface area contributed by atoms with Gasteiger partial charge >= 0.3 is 0 Å². The van der Waals surface area contributed by atoms with Crippen molar-refractivity contribution in [1.29, 1.82) is 0 Å². The number of hydrogen-bond donors (Lipinski definition) is 1. The van der Waals surface area contributed by atoms with Gasteiger partial charge in [-0.25, -0.2) is 9.67 Å². The highest BCUT2D eigenvalue weighted by Gasteiger charge is 2.36. The van der Waals surface area contributed by atoms with Gasteiger partial charge in [0.2, 0.25) is 0 Å². The third kappa shape index (κ3) is 2.54. The first-order valence-electron chi connectivity index (χ1n) is 9.27. The molecule has 1 aliphatic heterocycles. The van der Waals surface area contributed by atoms with Crippen LogP contribution in [0.4, 0.5) is 0 Å². The Morgan fingerprint density at radius 1 is 1.12 bits per heavy atom. The molecule has 1 N–H and O–H groups in total. The number of ether oxygens (including phenoxy) is 1. The highest BCUT2D eigenvalue weighted by atomic mass is 16.5. The van der Waals surface area contributed by atoms with Gasteiger partial charge in [-0.1, -0.05) is 6.07 Å². The van der Waals surface area contributed by atoms with Crippen LogP contribution in [0, 0.1) is 0 Å². The number of rotatable bonds is 3. The normalized spacial score (nSPS) is 23.8. The van der Waals surface area contributed by atoms with E-state index in [2.05, 4.69) is 21.1 Å². The lowest BCUT2D eigenvalue weighted by molar-refractivity contribution is 0.0673. The van der Waals surface area contributed by atoms with E-state index in [1.54, 1.807) is 6.20 Å². The highest BCUT2D eigenvalue weighted by molar-refractivity contribution is 5.73. The molecule has 1 unspecified atom stereocenters. The molecule has 26 heavy (non-hydrogen) atoms. The molecule has 3 aromatic heterocycles. The van der Waals surface area contributed by atoms with Crippen molar-refractivity contribution in [1.82, 2.24) is 24.7 Å². The first-order chi connectivity index (χ1) is 12.8. The summed E-state index contributed by atoms with van der Waals surface area (Å²) in [6, 6.07) is 6.24. The molecular formula is C19H21N5O2. The number of hydrogen-bond acceptors (Lipinski definition) is 5. The molecule has 0 bridgehead atoms. The van der Waals surface area contributed by atoms with Gasteiger partial charge < -0.3 is 9.72 Å². The maximum absolute atomic E-state index is 12.6. The minimum atomic E-state index is -0.102. The van der Waals surface area contributed by atoms with E-state index in [4.69, 9.17) is 9.72 Å². The average molecular weight is 351 g/mol. The van der Waals surface area contributed by atoms with Gasteiger partial charge in [-0.3, -0.25) is 9.78 Å². The smallest absolute Gasteiger partial charge is 0.262 e. The second-order valence-electron chi connectivity index (χ2n) is 7.17. The van der Waals surface area contributed by atoms with Gasteiger partial charge in [0.1, 0.15) is 11.2 Å². The standard InChI is InChI=1S/C19H21N5O2/c25-19-15-11-21-24(12-6-9-26-10-7-12)18(15)22-17(23-19)14-5-4-13(14)16-3-1-2-8-20-16/h1-3,8,11-14H,4-7,9-10H2,(H,22,23,25)/t13-,14?/m1/s1. The molecule has 1 saturated heterocycles. The van der Waals surface area contributed by atoms with Crippen LogP contribution < -0.4 is 5.56 Å². The summed E-state index contributed by atoms with van der Waals surface area (Å²) in [5.41, 5.74) is 1.67. The van der Waals surface area contributed by atoms with Gasteiger partial charge in [-0.05, 0) is 37.8 Å². The summed E-state index contributed by atoms with van der Waals surface area (Å²) >= 11 is 0. The van der Waals surface area contributed by atoms with Gasteiger partial charge in [-0.2, -0.15) is 5.10 Å². The molecule has 1 saturated carbocycles. The minimum absolute atomic E-state index is 0.102. The zero-order chi connectivity index (χ0) is 17.5. The third-order valence-corrected chi connectivity index (χ3v) is 5.71. The Kier molecular flexibility index (Phi) is 3.81. The molecule has 0 aromatic carbocycles. The van der Waals surface area contributed by atoms with Crippen molar-refractivity contribution in [3.05, 3.63) is 52.5 Å². The first kappa shape index (κ1) is 15.7. The predicted octanol–water partition coefficient (Wildman–Crippen LogP) is 2.53. The molecule has 134 valence electrons. The van der Waals surface area contributed by atoms with E-state index in [0.717, 1.165) is 50.4 Å². The van der Waals surface area contributed by atoms with Crippen molar-refractivity contribution in [2.75, 3.05) is 13.2 Å². The van der Waals surface area contributed by atoms with E-state index in [1.807, 2.05) is 23.0 Å². The van der Waals surface area contributed by atoms with Crippen LogP contribution in [0.1, 0.15) is 55.1 Å². The molecule has 0 amide bonds. The second-order valence-corrected chi connectivity index (χ2v) is 7.17. The Balaban J connectivity index is 1.53. The molecule has 2 aliphatic rings. The predicted molar refractivity (Wildman–Crippen MR) is 96.2 cm³/mol.